The zero-order valence-electron chi connectivity index (χ0n) is 20.4. The van der Waals surface area contributed by atoms with Crippen molar-refractivity contribution in [3.8, 4) is 11.1 Å². The van der Waals surface area contributed by atoms with Gasteiger partial charge in [0.15, 0.2) is 0 Å². The number of alkyl carbamates (subject to hydrolysis) is 1. The number of hydrogen-bond donors (Lipinski definition) is 3. The van der Waals surface area contributed by atoms with Crippen molar-refractivity contribution in [2.45, 2.75) is 57.9 Å². The number of benzene rings is 2. The van der Waals surface area contributed by atoms with E-state index in [4.69, 9.17) is 4.74 Å². The molecule has 0 bridgehead atoms. The number of carboxylic acid groups (broad SMARTS) is 1. The Hall–Kier alpha value is -3.35. The summed E-state index contributed by atoms with van der Waals surface area (Å²) in [5.74, 6) is -1.13. The molecule has 4 rings (SSSR count). The fraction of sp³-hybridized carbons (Fsp3) is 0.464. The number of aliphatic carboxylic acids is 1. The molecule has 2 aromatic carbocycles. The lowest BCUT2D eigenvalue weighted by molar-refractivity contribution is -0.143. The van der Waals surface area contributed by atoms with Gasteiger partial charge >= 0.3 is 12.1 Å². The molecule has 0 radical (unpaired) electrons. The third kappa shape index (κ3) is 5.66. The van der Waals surface area contributed by atoms with Crippen LogP contribution >= 0.6 is 0 Å². The molecule has 1 saturated carbocycles. The Labute approximate surface area is 206 Å². The first kappa shape index (κ1) is 24.8. The van der Waals surface area contributed by atoms with Gasteiger partial charge in [0, 0.05) is 24.4 Å². The SMILES string of the molecule is CC(CCCC(C)C(=O)NCC1(C(=O)O)CC1)NC(=O)OCC1c2ccccc2-c2ccccc21. The van der Waals surface area contributed by atoms with Gasteiger partial charge < -0.3 is 20.5 Å². The molecule has 35 heavy (non-hydrogen) atoms. The van der Waals surface area contributed by atoms with E-state index in [1.165, 1.54) is 22.3 Å². The van der Waals surface area contributed by atoms with E-state index in [2.05, 4.69) is 34.9 Å². The fourth-order valence-corrected chi connectivity index (χ4v) is 4.82. The quantitative estimate of drug-likeness (QED) is 0.434. The third-order valence-electron chi connectivity index (χ3n) is 7.34. The highest BCUT2D eigenvalue weighted by atomic mass is 16.5. The van der Waals surface area contributed by atoms with Crippen molar-refractivity contribution in [2.75, 3.05) is 13.2 Å². The van der Waals surface area contributed by atoms with Crippen LogP contribution in [0, 0.1) is 11.3 Å². The van der Waals surface area contributed by atoms with E-state index in [0.717, 1.165) is 12.8 Å². The first-order chi connectivity index (χ1) is 16.8. The maximum Gasteiger partial charge on any atom is 0.407 e. The van der Waals surface area contributed by atoms with Gasteiger partial charge in [-0.3, -0.25) is 9.59 Å². The van der Waals surface area contributed by atoms with E-state index in [9.17, 15) is 19.5 Å². The molecule has 2 amide bonds. The van der Waals surface area contributed by atoms with Crippen LogP contribution in [0.1, 0.15) is 63.0 Å². The highest BCUT2D eigenvalue weighted by Crippen LogP contribution is 2.45. The van der Waals surface area contributed by atoms with Crippen LogP contribution in [0.2, 0.25) is 0 Å². The number of fused-ring (bicyclic) bond motifs is 3. The summed E-state index contributed by atoms with van der Waals surface area (Å²) in [6, 6.07) is 16.4. The first-order valence-electron chi connectivity index (χ1n) is 12.4. The smallest absolute Gasteiger partial charge is 0.407 e. The van der Waals surface area contributed by atoms with E-state index in [-0.39, 0.29) is 36.9 Å². The highest BCUT2D eigenvalue weighted by Gasteiger charge is 2.50. The standard InChI is InChI=1S/C28H34N2O5/c1-18(25(31)29-17-28(14-15-28)26(32)33)8-7-9-19(2)30-27(34)35-16-24-22-12-5-3-10-20(22)21-11-4-6-13-23(21)24/h3-6,10-13,18-19,24H,7-9,14-17H2,1-2H3,(H,29,31)(H,30,34)(H,32,33). The summed E-state index contributed by atoms with van der Waals surface area (Å²) in [6.07, 6.45) is 2.97. The van der Waals surface area contributed by atoms with E-state index in [0.29, 0.717) is 19.3 Å². The summed E-state index contributed by atoms with van der Waals surface area (Å²) in [7, 11) is 0. The van der Waals surface area contributed by atoms with E-state index >= 15 is 0 Å². The Morgan fingerprint density at radius 3 is 2.17 bits per heavy atom. The number of carbonyl (C=O) groups is 3. The Bertz CT molecular complexity index is 1050. The average molecular weight is 479 g/mol. The number of nitrogens with one attached hydrogen (secondary N) is 2. The minimum Gasteiger partial charge on any atom is -0.481 e. The summed E-state index contributed by atoms with van der Waals surface area (Å²) in [5, 5.41) is 14.9. The molecule has 3 N–H and O–H groups in total. The molecule has 1 fully saturated rings. The summed E-state index contributed by atoms with van der Waals surface area (Å²) >= 11 is 0. The van der Waals surface area contributed by atoms with Crippen molar-refractivity contribution < 1.29 is 24.2 Å². The van der Waals surface area contributed by atoms with Crippen molar-refractivity contribution in [1.82, 2.24) is 10.6 Å². The summed E-state index contributed by atoms with van der Waals surface area (Å²) in [5.41, 5.74) is 3.99. The van der Waals surface area contributed by atoms with Gasteiger partial charge in [-0.25, -0.2) is 4.79 Å². The number of amides is 2. The van der Waals surface area contributed by atoms with E-state index < -0.39 is 17.5 Å². The summed E-state index contributed by atoms with van der Waals surface area (Å²) in [6.45, 7) is 4.25. The van der Waals surface area contributed by atoms with Crippen LogP contribution in [0.5, 0.6) is 0 Å². The average Bonchev–Trinajstić information content (AvgIpc) is 3.58. The number of hydrogen-bond acceptors (Lipinski definition) is 4. The van der Waals surface area contributed by atoms with Gasteiger partial charge in [-0.05, 0) is 54.9 Å². The van der Waals surface area contributed by atoms with Gasteiger partial charge in [-0.15, -0.1) is 0 Å². The van der Waals surface area contributed by atoms with Crippen LogP contribution in [0.4, 0.5) is 4.79 Å². The third-order valence-corrected chi connectivity index (χ3v) is 7.34. The van der Waals surface area contributed by atoms with Crippen molar-refractivity contribution in [1.29, 1.82) is 0 Å². The van der Waals surface area contributed by atoms with Crippen molar-refractivity contribution >= 4 is 18.0 Å². The Morgan fingerprint density at radius 1 is 1.00 bits per heavy atom. The van der Waals surface area contributed by atoms with Gasteiger partial charge in [0.1, 0.15) is 6.61 Å². The number of carboxylic acids is 1. The predicted molar refractivity (Wildman–Crippen MR) is 133 cm³/mol. The largest absolute Gasteiger partial charge is 0.481 e. The molecule has 2 unspecified atom stereocenters. The molecule has 7 heteroatoms. The normalized spacial score (nSPS) is 17.0. The second-order valence-electron chi connectivity index (χ2n) is 10.0. The summed E-state index contributed by atoms with van der Waals surface area (Å²) in [4.78, 5) is 36.0. The lowest BCUT2D eigenvalue weighted by atomic mass is 9.98. The molecular formula is C28H34N2O5. The van der Waals surface area contributed by atoms with Crippen LogP contribution < -0.4 is 10.6 Å². The number of ether oxygens (including phenoxy) is 1. The molecule has 2 aliphatic carbocycles. The molecule has 0 aliphatic heterocycles. The van der Waals surface area contributed by atoms with Crippen molar-refractivity contribution in [2.24, 2.45) is 11.3 Å². The van der Waals surface area contributed by atoms with Crippen LogP contribution in [-0.4, -0.2) is 42.3 Å². The molecule has 0 aromatic heterocycles. The molecular weight excluding hydrogens is 444 g/mol. The Kier molecular flexibility index (Phi) is 7.43. The zero-order valence-corrected chi connectivity index (χ0v) is 20.4. The molecule has 0 heterocycles. The Balaban J connectivity index is 1.17. The Morgan fingerprint density at radius 2 is 1.60 bits per heavy atom. The van der Waals surface area contributed by atoms with Crippen molar-refractivity contribution in [3.63, 3.8) is 0 Å². The number of rotatable bonds is 11. The maximum absolute atomic E-state index is 12.4. The number of carbonyl (C=O) groups excluding carboxylic acids is 2. The molecule has 0 spiro atoms. The van der Waals surface area contributed by atoms with Crippen molar-refractivity contribution in [3.05, 3.63) is 59.7 Å². The molecule has 2 aromatic rings. The second kappa shape index (κ2) is 10.5. The van der Waals surface area contributed by atoms with E-state index in [1.807, 2.05) is 38.1 Å². The minimum absolute atomic E-state index is 0.0266. The fourth-order valence-electron chi connectivity index (χ4n) is 4.82. The van der Waals surface area contributed by atoms with Gasteiger partial charge in [0.05, 0.1) is 5.41 Å². The topological polar surface area (TPSA) is 105 Å². The van der Waals surface area contributed by atoms with Crippen LogP contribution in [0.25, 0.3) is 11.1 Å². The van der Waals surface area contributed by atoms with Gasteiger partial charge in [-0.2, -0.15) is 0 Å². The highest BCUT2D eigenvalue weighted by molar-refractivity contribution is 5.82. The predicted octanol–water partition coefficient (Wildman–Crippen LogP) is 4.70. The monoisotopic (exact) mass is 478 g/mol. The maximum atomic E-state index is 12.4. The van der Waals surface area contributed by atoms with Crippen LogP contribution in [-0.2, 0) is 14.3 Å². The molecule has 186 valence electrons. The molecule has 7 nitrogen and oxygen atoms in total. The van der Waals surface area contributed by atoms with Gasteiger partial charge in [0.25, 0.3) is 0 Å². The minimum atomic E-state index is -0.835. The van der Waals surface area contributed by atoms with Gasteiger partial charge in [0.2, 0.25) is 5.91 Å². The van der Waals surface area contributed by atoms with Gasteiger partial charge in [-0.1, -0.05) is 61.9 Å². The summed E-state index contributed by atoms with van der Waals surface area (Å²) < 4.78 is 5.60. The molecule has 2 atom stereocenters. The van der Waals surface area contributed by atoms with Crippen LogP contribution in [0.15, 0.2) is 48.5 Å². The molecule has 2 aliphatic rings. The second-order valence-corrected chi connectivity index (χ2v) is 10.0. The van der Waals surface area contributed by atoms with Crippen LogP contribution in [0.3, 0.4) is 0 Å². The first-order valence-corrected chi connectivity index (χ1v) is 12.4. The molecule has 0 saturated heterocycles. The zero-order chi connectivity index (χ0) is 25.0. The lowest BCUT2D eigenvalue weighted by Crippen LogP contribution is -2.37. The lowest BCUT2D eigenvalue weighted by Gasteiger charge is -2.18. The van der Waals surface area contributed by atoms with E-state index in [1.54, 1.807) is 0 Å².